The fourth-order valence-corrected chi connectivity index (χ4v) is 5.04. The Morgan fingerprint density at radius 3 is 2.46 bits per heavy atom. The van der Waals surface area contributed by atoms with E-state index in [9.17, 15) is 4.79 Å². The summed E-state index contributed by atoms with van der Waals surface area (Å²) in [4.78, 5) is 17.5. The van der Waals surface area contributed by atoms with Crippen molar-refractivity contribution in [1.82, 2.24) is 5.32 Å². The van der Waals surface area contributed by atoms with Crippen molar-refractivity contribution in [2.45, 2.75) is 13.5 Å². The van der Waals surface area contributed by atoms with Crippen molar-refractivity contribution in [2.75, 3.05) is 7.11 Å². The predicted octanol–water partition coefficient (Wildman–Crippen LogP) is 8.09. The van der Waals surface area contributed by atoms with Gasteiger partial charge in [0.25, 0.3) is 5.91 Å². The number of halogens is 4. The lowest BCUT2D eigenvalue weighted by Gasteiger charge is -2.14. The number of nitrogens with one attached hydrogen (secondary N) is 1. The smallest absolute Gasteiger partial charge is 0.264 e. The topological polar surface area (TPSA) is 59.9 Å². The van der Waals surface area contributed by atoms with Crippen LogP contribution in [0.15, 0.2) is 58.4 Å². The van der Waals surface area contributed by atoms with Crippen molar-refractivity contribution in [3.8, 4) is 11.5 Å². The lowest BCUT2D eigenvalue weighted by atomic mass is 10.1. The highest BCUT2D eigenvalue weighted by atomic mass is 35.5. The number of thioether (sulfide) groups is 1. The van der Waals surface area contributed by atoms with Crippen LogP contribution in [0, 0.1) is 6.92 Å². The van der Waals surface area contributed by atoms with Gasteiger partial charge < -0.3 is 14.8 Å². The number of methoxy groups -OCH3 is 1. The fraction of sp³-hybridized carbons (Fsp3) is 0.120. The standard InChI is InChI=1S/C25H18Cl4N2O3S/c1-13-7-16(26)5-6-20(13)30-25-31-24(32)22(35-25)10-14-8-19(29)23(21(9-14)33-2)34-12-15-3-4-17(27)11-18(15)28/h3-11H,12H2,1-2H3,(H,30,31,32)/b22-10-. The van der Waals surface area contributed by atoms with Crippen LogP contribution in [0.25, 0.3) is 6.08 Å². The molecule has 0 spiro atoms. The average Bonchev–Trinajstić information content (AvgIpc) is 3.14. The number of rotatable bonds is 6. The zero-order valence-electron chi connectivity index (χ0n) is 18.5. The third-order valence-electron chi connectivity index (χ3n) is 4.97. The van der Waals surface area contributed by atoms with Gasteiger partial charge in [-0.25, -0.2) is 4.99 Å². The number of hydrogen-bond donors (Lipinski definition) is 1. The molecule has 0 radical (unpaired) electrons. The third kappa shape index (κ3) is 6.26. The van der Waals surface area contributed by atoms with E-state index in [0.717, 1.165) is 16.8 Å². The summed E-state index contributed by atoms with van der Waals surface area (Å²) in [5.74, 6) is 0.531. The van der Waals surface area contributed by atoms with Crippen LogP contribution < -0.4 is 14.8 Å². The monoisotopic (exact) mass is 566 g/mol. The summed E-state index contributed by atoms with van der Waals surface area (Å²) in [5.41, 5.74) is 3.06. The molecule has 3 aromatic rings. The van der Waals surface area contributed by atoms with Gasteiger partial charge in [0, 0.05) is 20.6 Å². The number of nitrogens with zero attached hydrogens (tertiary/aromatic N) is 1. The Morgan fingerprint density at radius 1 is 1.00 bits per heavy atom. The highest BCUT2D eigenvalue weighted by Gasteiger charge is 2.24. The molecule has 35 heavy (non-hydrogen) atoms. The number of amidine groups is 1. The molecule has 1 N–H and O–H groups in total. The van der Waals surface area contributed by atoms with Gasteiger partial charge in [-0.1, -0.05) is 52.5 Å². The average molecular weight is 568 g/mol. The molecule has 180 valence electrons. The maximum Gasteiger partial charge on any atom is 0.264 e. The minimum atomic E-state index is -0.256. The second kappa shape index (κ2) is 11.1. The van der Waals surface area contributed by atoms with E-state index >= 15 is 0 Å². The highest BCUT2D eigenvalue weighted by molar-refractivity contribution is 8.18. The Labute approximate surface area is 227 Å². The molecule has 1 fully saturated rings. The molecule has 1 aliphatic heterocycles. The number of carbonyl (C=O) groups is 1. The first kappa shape index (κ1) is 25.7. The van der Waals surface area contributed by atoms with E-state index in [1.807, 2.05) is 13.0 Å². The van der Waals surface area contributed by atoms with Crippen molar-refractivity contribution >= 4 is 81.0 Å². The largest absolute Gasteiger partial charge is 0.493 e. The minimum Gasteiger partial charge on any atom is -0.493 e. The Hall–Kier alpha value is -2.35. The zero-order chi connectivity index (χ0) is 25.1. The fourth-order valence-electron chi connectivity index (χ4n) is 3.24. The highest BCUT2D eigenvalue weighted by Crippen LogP contribution is 2.39. The molecule has 0 aromatic heterocycles. The molecule has 1 aliphatic rings. The van der Waals surface area contributed by atoms with Crippen LogP contribution in [0.1, 0.15) is 16.7 Å². The molecule has 3 aromatic carbocycles. The summed E-state index contributed by atoms with van der Waals surface area (Å²) < 4.78 is 11.4. The molecule has 5 nitrogen and oxygen atoms in total. The molecular formula is C25H18Cl4N2O3S. The summed E-state index contributed by atoms with van der Waals surface area (Å²) in [6.07, 6.45) is 1.71. The van der Waals surface area contributed by atoms with Gasteiger partial charge in [-0.05, 0) is 78.4 Å². The van der Waals surface area contributed by atoms with E-state index in [4.69, 9.17) is 55.9 Å². The molecule has 0 aliphatic carbocycles. The Balaban J connectivity index is 1.55. The van der Waals surface area contributed by atoms with Crippen molar-refractivity contribution in [2.24, 2.45) is 4.99 Å². The first-order chi connectivity index (χ1) is 16.7. The molecule has 1 amide bonds. The molecule has 0 bridgehead atoms. The lowest BCUT2D eigenvalue weighted by Crippen LogP contribution is -2.19. The molecule has 0 unspecified atom stereocenters. The zero-order valence-corrected chi connectivity index (χ0v) is 22.3. The van der Waals surface area contributed by atoms with Crippen LogP contribution in [-0.4, -0.2) is 18.2 Å². The molecule has 1 saturated heterocycles. The van der Waals surface area contributed by atoms with Gasteiger partial charge in [-0.3, -0.25) is 4.79 Å². The van der Waals surface area contributed by atoms with Crippen LogP contribution >= 0.6 is 58.2 Å². The number of benzene rings is 3. The summed E-state index contributed by atoms with van der Waals surface area (Å²) in [5, 5.41) is 5.24. The first-order valence-corrected chi connectivity index (χ1v) is 12.6. The van der Waals surface area contributed by atoms with E-state index in [2.05, 4.69) is 10.3 Å². The van der Waals surface area contributed by atoms with Gasteiger partial charge in [-0.2, -0.15) is 0 Å². The summed E-state index contributed by atoms with van der Waals surface area (Å²) in [7, 11) is 1.51. The molecule has 1 heterocycles. The van der Waals surface area contributed by atoms with Crippen LogP contribution in [0.3, 0.4) is 0 Å². The predicted molar refractivity (Wildman–Crippen MR) is 146 cm³/mol. The number of carbonyl (C=O) groups excluding carboxylic acids is 1. The van der Waals surface area contributed by atoms with Crippen LogP contribution in [0.4, 0.5) is 5.69 Å². The molecule has 4 rings (SSSR count). The van der Waals surface area contributed by atoms with E-state index in [1.54, 1.807) is 48.5 Å². The van der Waals surface area contributed by atoms with Gasteiger partial charge in [0.15, 0.2) is 16.7 Å². The van der Waals surface area contributed by atoms with Gasteiger partial charge in [0.05, 0.1) is 22.7 Å². The second-order valence-electron chi connectivity index (χ2n) is 7.47. The van der Waals surface area contributed by atoms with Crippen LogP contribution in [0.5, 0.6) is 11.5 Å². The summed E-state index contributed by atoms with van der Waals surface area (Å²) in [6, 6.07) is 14.0. The van der Waals surface area contributed by atoms with Gasteiger partial charge in [0.1, 0.15) is 6.61 Å². The third-order valence-corrected chi connectivity index (χ3v) is 6.98. The van der Waals surface area contributed by atoms with Crippen molar-refractivity contribution < 1.29 is 14.3 Å². The van der Waals surface area contributed by atoms with Crippen molar-refractivity contribution in [1.29, 1.82) is 0 Å². The van der Waals surface area contributed by atoms with E-state index < -0.39 is 0 Å². The molecule has 10 heteroatoms. The molecule has 0 atom stereocenters. The van der Waals surface area contributed by atoms with Crippen molar-refractivity contribution in [3.63, 3.8) is 0 Å². The van der Waals surface area contributed by atoms with Gasteiger partial charge in [0.2, 0.25) is 0 Å². The van der Waals surface area contributed by atoms with E-state index in [-0.39, 0.29) is 12.5 Å². The maximum absolute atomic E-state index is 12.5. The van der Waals surface area contributed by atoms with E-state index in [1.165, 1.54) is 18.9 Å². The van der Waals surface area contributed by atoms with Crippen molar-refractivity contribution in [3.05, 3.63) is 90.2 Å². The normalized spacial score (nSPS) is 15.5. The summed E-state index contributed by atoms with van der Waals surface area (Å²) >= 11 is 25.9. The number of aliphatic imine (C=N–C) groups is 1. The van der Waals surface area contributed by atoms with Crippen LogP contribution in [-0.2, 0) is 11.4 Å². The molecular weight excluding hydrogens is 550 g/mol. The number of amides is 1. The minimum absolute atomic E-state index is 0.175. The first-order valence-electron chi connectivity index (χ1n) is 10.2. The lowest BCUT2D eigenvalue weighted by molar-refractivity contribution is -0.115. The quantitative estimate of drug-likeness (QED) is 0.306. The second-order valence-corrected chi connectivity index (χ2v) is 10.2. The summed E-state index contributed by atoms with van der Waals surface area (Å²) in [6.45, 7) is 2.08. The molecule has 0 saturated carbocycles. The van der Waals surface area contributed by atoms with Crippen LogP contribution in [0.2, 0.25) is 20.1 Å². The SMILES string of the molecule is COc1cc(/C=C2\SC(=Nc3ccc(Cl)cc3C)NC2=O)cc(Cl)c1OCc1ccc(Cl)cc1Cl. The van der Waals surface area contributed by atoms with E-state index in [0.29, 0.717) is 47.2 Å². The number of ether oxygens (including phenoxy) is 2. The maximum atomic E-state index is 12.5. The van der Waals surface area contributed by atoms with Gasteiger partial charge >= 0.3 is 0 Å². The Morgan fingerprint density at radius 2 is 1.74 bits per heavy atom. The number of hydrogen-bond acceptors (Lipinski definition) is 5. The van der Waals surface area contributed by atoms with Gasteiger partial charge in [-0.15, -0.1) is 0 Å². The Kier molecular flexibility index (Phi) is 8.19. The number of aryl methyl sites for hydroxylation is 1. The Bertz CT molecular complexity index is 1380.